The molecule has 0 unspecified atom stereocenters. The van der Waals surface area contributed by atoms with E-state index in [0.29, 0.717) is 25.9 Å². The van der Waals surface area contributed by atoms with E-state index in [1.165, 1.54) is 23.1 Å². The Labute approximate surface area is 174 Å². The van der Waals surface area contributed by atoms with E-state index in [1.807, 2.05) is 0 Å². The highest BCUT2D eigenvalue weighted by atomic mass is 35.5. The molecule has 1 heterocycles. The van der Waals surface area contributed by atoms with E-state index >= 15 is 0 Å². The fourth-order valence-electron chi connectivity index (χ4n) is 2.98. The Morgan fingerprint density at radius 3 is 2.48 bits per heavy atom. The molecule has 1 saturated heterocycles. The number of nitrogens with one attached hydrogen (secondary N) is 2. The monoisotopic (exact) mass is 427 g/mol. The van der Waals surface area contributed by atoms with Crippen LogP contribution in [-0.2, 0) is 9.53 Å². The molecule has 0 atom stereocenters. The van der Waals surface area contributed by atoms with Crippen molar-refractivity contribution < 1.29 is 23.5 Å². The number of benzene rings is 1. The van der Waals surface area contributed by atoms with Crippen LogP contribution in [0.1, 0.15) is 50.4 Å². The molecule has 29 heavy (non-hydrogen) atoms. The lowest BCUT2D eigenvalue weighted by molar-refractivity contribution is -0.121. The molecule has 0 spiro atoms. The van der Waals surface area contributed by atoms with Crippen LogP contribution < -0.4 is 10.6 Å². The summed E-state index contributed by atoms with van der Waals surface area (Å²) >= 11 is 5.96. The van der Waals surface area contributed by atoms with Gasteiger partial charge in [0.05, 0.1) is 10.6 Å². The first kappa shape index (κ1) is 22.9. The number of alkyl carbamates (subject to hydrolysis) is 1. The molecule has 7 nitrogen and oxygen atoms in total. The minimum absolute atomic E-state index is 0.0795. The summed E-state index contributed by atoms with van der Waals surface area (Å²) in [5, 5.41) is 5.51. The van der Waals surface area contributed by atoms with E-state index < -0.39 is 23.4 Å². The molecule has 0 saturated carbocycles. The largest absolute Gasteiger partial charge is 0.444 e. The Balaban J connectivity index is 1.73. The number of halogens is 2. The third kappa shape index (κ3) is 7.20. The van der Waals surface area contributed by atoms with Gasteiger partial charge in [0.15, 0.2) is 0 Å². The normalized spacial score (nSPS) is 15.0. The highest BCUT2D eigenvalue weighted by Gasteiger charge is 2.27. The maximum atomic E-state index is 13.9. The van der Waals surface area contributed by atoms with Crippen molar-refractivity contribution in [3.05, 3.63) is 34.6 Å². The van der Waals surface area contributed by atoms with Gasteiger partial charge in [0.2, 0.25) is 5.91 Å². The Morgan fingerprint density at radius 1 is 1.24 bits per heavy atom. The fourth-order valence-corrected chi connectivity index (χ4v) is 3.22. The molecule has 1 aliphatic rings. The lowest BCUT2D eigenvalue weighted by Crippen LogP contribution is -2.47. The van der Waals surface area contributed by atoms with Crippen molar-refractivity contribution >= 4 is 29.5 Å². The van der Waals surface area contributed by atoms with E-state index in [1.54, 1.807) is 20.8 Å². The fraction of sp³-hybridized carbons (Fsp3) is 0.550. The number of hydrogen-bond acceptors (Lipinski definition) is 4. The van der Waals surface area contributed by atoms with Crippen LogP contribution in [0.2, 0.25) is 5.02 Å². The maximum absolute atomic E-state index is 13.9. The van der Waals surface area contributed by atoms with E-state index in [4.69, 9.17) is 16.3 Å². The number of piperidine rings is 1. The number of nitrogens with zero attached hydrogens (tertiary/aromatic N) is 1. The van der Waals surface area contributed by atoms with Gasteiger partial charge in [-0.3, -0.25) is 9.59 Å². The maximum Gasteiger partial charge on any atom is 0.407 e. The number of amides is 3. The summed E-state index contributed by atoms with van der Waals surface area (Å²) in [6.45, 7) is 6.24. The summed E-state index contributed by atoms with van der Waals surface area (Å²) in [4.78, 5) is 37.7. The SMILES string of the molecule is CC(C)(C)OC(=O)NCCC(=O)NC1CCN(C(=O)c2c(F)cccc2Cl)CC1. The first-order chi connectivity index (χ1) is 13.6. The van der Waals surface area contributed by atoms with Crippen LogP contribution in [0.25, 0.3) is 0 Å². The zero-order valence-corrected chi connectivity index (χ0v) is 17.6. The van der Waals surface area contributed by atoms with Gasteiger partial charge in [-0.15, -0.1) is 0 Å². The van der Waals surface area contributed by atoms with Crippen LogP contribution in [0.3, 0.4) is 0 Å². The molecule has 1 aromatic carbocycles. The highest BCUT2D eigenvalue weighted by Crippen LogP contribution is 2.22. The van der Waals surface area contributed by atoms with Gasteiger partial charge in [-0.25, -0.2) is 9.18 Å². The second-order valence-corrected chi connectivity index (χ2v) is 8.32. The summed E-state index contributed by atoms with van der Waals surface area (Å²) in [6, 6.07) is 4.06. The third-order valence-corrected chi connectivity index (χ3v) is 4.66. The van der Waals surface area contributed by atoms with Gasteiger partial charge >= 0.3 is 6.09 Å². The second kappa shape index (κ2) is 9.91. The quantitative estimate of drug-likeness (QED) is 0.755. The van der Waals surface area contributed by atoms with Crippen LogP contribution in [0.15, 0.2) is 18.2 Å². The smallest absolute Gasteiger partial charge is 0.407 e. The molecule has 1 aromatic rings. The summed E-state index contributed by atoms with van der Waals surface area (Å²) in [5.41, 5.74) is -0.713. The highest BCUT2D eigenvalue weighted by molar-refractivity contribution is 6.33. The molecule has 9 heteroatoms. The molecule has 3 amide bonds. The molecule has 2 N–H and O–H groups in total. The van der Waals surface area contributed by atoms with Gasteiger partial charge in [0, 0.05) is 32.1 Å². The average molecular weight is 428 g/mol. The standard InChI is InChI=1S/C20H27ClFN3O4/c1-20(2,3)29-19(28)23-10-7-16(26)24-13-8-11-25(12-9-13)18(27)17-14(21)5-4-6-15(17)22/h4-6,13H,7-12H2,1-3H3,(H,23,28)(H,24,26). The van der Waals surface area contributed by atoms with Crippen molar-refractivity contribution in [1.82, 2.24) is 15.5 Å². The Hall–Kier alpha value is -2.35. The number of carbonyl (C=O) groups is 3. The Kier molecular flexibility index (Phi) is 7.84. The minimum Gasteiger partial charge on any atom is -0.444 e. The summed E-state index contributed by atoms with van der Waals surface area (Å²) in [7, 11) is 0. The van der Waals surface area contributed by atoms with Crippen molar-refractivity contribution in [2.24, 2.45) is 0 Å². The number of likely N-dealkylation sites (tertiary alicyclic amines) is 1. The molecular weight excluding hydrogens is 401 g/mol. The van der Waals surface area contributed by atoms with Crippen molar-refractivity contribution in [3.63, 3.8) is 0 Å². The number of ether oxygens (including phenoxy) is 1. The number of carbonyl (C=O) groups excluding carboxylic acids is 3. The third-order valence-electron chi connectivity index (χ3n) is 4.34. The molecule has 1 aliphatic heterocycles. The van der Waals surface area contributed by atoms with E-state index in [0.717, 1.165) is 0 Å². The predicted molar refractivity (Wildman–Crippen MR) is 107 cm³/mol. The minimum atomic E-state index is -0.643. The van der Waals surface area contributed by atoms with Gasteiger partial charge in [0.25, 0.3) is 5.91 Å². The molecule has 0 radical (unpaired) electrons. The van der Waals surface area contributed by atoms with Crippen LogP contribution in [-0.4, -0.2) is 54.1 Å². The Bertz CT molecular complexity index is 738. The van der Waals surface area contributed by atoms with Gasteiger partial charge in [-0.2, -0.15) is 0 Å². The predicted octanol–water partition coefficient (Wildman–Crippen LogP) is 3.11. The molecule has 0 aliphatic carbocycles. The van der Waals surface area contributed by atoms with Gasteiger partial charge < -0.3 is 20.3 Å². The summed E-state index contributed by atoms with van der Waals surface area (Å²) < 4.78 is 19.0. The molecule has 2 rings (SSSR count). The molecule has 160 valence electrons. The Morgan fingerprint density at radius 2 is 1.90 bits per heavy atom. The van der Waals surface area contributed by atoms with Crippen molar-refractivity contribution in [3.8, 4) is 0 Å². The van der Waals surface area contributed by atoms with Gasteiger partial charge in [0.1, 0.15) is 11.4 Å². The van der Waals surface area contributed by atoms with Crippen LogP contribution in [0.5, 0.6) is 0 Å². The van der Waals surface area contributed by atoms with E-state index in [9.17, 15) is 18.8 Å². The lowest BCUT2D eigenvalue weighted by atomic mass is 10.0. The van der Waals surface area contributed by atoms with E-state index in [-0.39, 0.29) is 35.5 Å². The van der Waals surface area contributed by atoms with Crippen LogP contribution >= 0.6 is 11.6 Å². The molecular formula is C20H27ClFN3O4. The van der Waals surface area contributed by atoms with Gasteiger partial charge in [-0.1, -0.05) is 17.7 Å². The number of rotatable bonds is 5. The van der Waals surface area contributed by atoms with Crippen LogP contribution in [0.4, 0.5) is 9.18 Å². The second-order valence-electron chi connectivity index (χ2n) is 7.91. The zero-order chi connectivity index (χ0) is 21.6. The van der Waals surface area contributed by atoms with Crippen molar-refractivity contribution in [2.45, 2.75) is 51.7 Å². The molecule has 1 fully saturated rings. The van der Waals surface area contributed by atoms with Gasteiger partial charge in [-0.05, 0) is 45.7 Å². The van der Waals surface area contributed by atoms with Crippen LogP contribution in [0, 0.1) is 5.82 Å². The van der Waals surface area contributed by atoms with E-state index in [2.05, 4.69) is 10.6 Å². The topological polar surface area (TPSA) is 87.7 Å². The lowest BCUT2D eigenvalue weighted by Gasteiger charge is -2.32. The average Bonchev–Trinajstić information content (AvgIpc) is 2.60. The number of hydrogen-bond donors (Lipinski definition) is 2. The molecule has 0 bridgehead atoms. The first-order valence-electron chi connectivity index (χ1n) is 9.56. The first-order valence-corrected chi connectivity index (χ1v) is 9.94. The summed E-state index contributed by atoms with van der Waals surface area (Å²) in [6.07, 6.45) is 0.680. The van der Waals surface area contributed by atoms with Crippen molar-refractivity contribution in [2.75, 3.05) is 19.6 Å². The zero-order valence-electron chi connectivity index (χ0n) is 16.9. The van der Waals surface area contributed by atoms with Crippen molar-refractivity contribution in [1.29, 1.82) is 0 Å². The molecule has 0 aromatic heterocycles. The summed E-state index contributed by atoms with van der Waals surface area (Å²) in [5.74, 6) is -1.28.